The lowest BCUT2D eigenvalue weighted by molar-refractivity contribution is -0.140. The van der Waals surface area contributed by atoms with Crippen LogP contribution in [0.1, 0.15) is 20.3 Å². The van der Waals surface area contributed by atoms with Crippen LogP contribution in [0.15, 0.2) is 11.3 Å². The monoisotopic (exact) mass is 176 g/mol. The van der Waals surface area contributed by atoms with Crippen LogP contribution in [0.2, 0.25) is 0 Å². The largest absolute Gasteiger partial charge is 0.433 e. The summed E-state index contributed by atoms with van der Waals surface area (Å²) in [7, 11) is 0. The Kier molecular flexibility index (Phi) is 4.54. The topological polar surface area (TPSA) is 43.4 Å². The van der Waals surface area contributed by atoms with Crippen LogP contribution in [0, 0.1) is 0 Å². The first-order valence-corrected chi connectivity index (χ1v) is 3.41. The smallest absolute Gasteiger partial charge is 0.318 e. The van der Waals surface area contributed by atoms with Gasteiger partial charge in [0.15, 0.2) is 0 Å². The molecule has 0 aromatic rings. The Morgan fingerprint density at radius 1 is 1.45 bits per heavy atom. The fraction of sp³-hybridized carbons (Fsp3) is 0.429. The van der Waals surface area contributed by atoms with E-state index in [1.54, 1.807) is 6.92 Å². The average Bonchev–Trinajstić information content (AvgIpc) is 1.82. The van der Waals surface area contributed by atoms with Crippen molar-refractivity contribution in [2.45, 2.75) is 20.3 Å². The zero-order valence-electron chi connectivity index (χ0n) is 6.39. The molecular formula is C7H9ClO3. The minimum Gasteiger partial charge on any atom is -0.433 e. The number of carbonyl (C=O) groups excluding carboxylic acids is 2. The van der Waals surface area contributed by atoms with E-state index in [0.717, 1.165) is 6.26 Å². The van der Waals surface area contributed by atoms with Gasteiger partial charge in [0.05, 0.1) is 5.03 Å². The highest BCUT2D eigenvalue weighted by Gasteiger charge is 2.03. The lowest BCUT2D eigenvalue weighted by atomic mass is 10.3. The lowest BCUT2D eigenvalue weighted by Gasteiger charge is -1.94. The first-order chi connectivity index (χ1) is 5.02. The van der Waals surface area contributed by atoms with Crippen LogP contribution in [-0.2, 0) is 14.3 Å². The molecule has 0 aliphatic rings. The summed E-state index contributed by atoms with van der Waals surface area (Å²) in [5, 5.41) is 0.363. The summed E-state index contributed by atoms with van der Waals surface area (Å²) in [6, 6.07) is 0. The highest BCUT2D eigenvalue weighted by atomic mass is 35.5. The van der Waals surface area contributed by atoms with Crippen molar-refractivity contribution in [2.75, 3.05) is 0 Å². The van der Waals surface area contributed by atoms with Crippen LogP contribution in [0.25, 0.3) is 0 Å². The highest BCUT2D eigenvalue weighted by molar-refractivity contribution is 6.29. The summed E-state index contributed by atoms with van der Waals surface area (Å²) in [5.41, 5.74) is 0. The second-order valence-corrected chi connectivity index (χ2v) is 2.67. The van der Waals surface area contributed by atoms with E-state index in [0.29, 0.717) is 5.03 Å². The van der Waals surface area contributed by atoms with Gasteiger partial charge in [-0.3, -0.25) is 9.59 Å². The Balaban J connectivity index is 3.71. The van der Waals surface area contributed by atoms with Crippen LogP contribution in [0.4, 0.5) is 0 Å². The Morgan fingerprint density at radius 3 is 2.36 bits per heavy atom. The quantitative estimate of drug-likeness (QED) is 0.373. The molecule has 0 radical (unpaired) electrons. The molecular weight excluding hydrogens is 168 g/mol. The van der Waals surface area contributed by atoms with E-state index in [2.05, 4.69) is 4.74 Å². The highest BCUT2D eigenvalue weighted by Crippen LogP contribution is 1.99. The predicted molar refractivity (Wildman–Crippen MR) is 41.0 cm³/mol. The minimum absolute atomic E-state index is 0.208. The van der Waals surface area contributed by atoms with Gasteiger partial charge in [-0.2, -0.15) is 0 Å². The van der Waals surface area contributed by atoms with Gasteiger partial charge in [-0.1, -0.05) is 11.6 Å². The van der Waals surface area contributed by atoms with Gasteiger partial charge >= 0.3 is 5.97 Å². The van der Waals surface area contributed by atoms with Crippen LogP contribution in [0.5, 0.6) is 0 Å². The number of halogens is 1. The summed E-state index contributed by atoms with van der Waals surface area (Å²) >= 11 is 5.36. The van der Waals surface area contributed by atoms with Crippen molar-refractivity contribution in [3.63, 3.8) is 0 Å². The molecule has 0 bridgehead atoms. The molecule has 0 aromatic heterocycles. The van der Waals surface area contributed by atoms with E-state index in [4.69, 9.17) is 11.6 Å². The number of ketones is 1. The lowest BCUT2D eigenvalue weighted by Crippen LogP contribution is -2.05. The molecule has 0 heterocycles. The van der Waals surface area contributed by atoms with E-state index in [9.17, 15) is 9.59 Å². The molecule has 3 nitrogen and oxygen atoms in total. The molecule has 0 rings (SSSR count). The molecule has 0 unspecified atom stereocenters. The third kappa shape index (κ3) is 7.06. The third-order valence-electron chi connectivity index (χ3n) is 0.746. The van der Waals surface area contributed by atoms with E-state index >= 15 is 0 Å². The van der Waals surface area contributed by atoms with Crippen molar-refractivity contribution < 1.29 is 14.3 Å². The second-order valence-electron chi connectivity index (χ2n) is 2.07. The molecule has 4 heteroatoms. The van der Waals surface area contributed by atoms with Gasteiger partial charge in [0.1, 0.15) is 18.5 Å². The maximum atomic E-state index is 10.6. The van der Waals surface area contributed by atoms with Crippen molar-refractivity contribution in [3.8, 4) is 0 Å². The van der Waals surface area contributed by atoms with Gasteiger partial charge in [-0.25, -0.2) is 0 Å². The zero-order valence-corrected chi connectivity index (χ0v) is 7.14. The first-order valence-electron chi connectivity index (χ1n) is 3.03. The van der Waals surface area contributed by atoms with E-state index < -0.39 is 5.97 Å². The van der Waals surface area contributed by atoms with Gasteiger partial charge < -0.3 is 4.74 Å². The molecule has 62 valence electrons. The van der Waals surface area contributed by atoms with Crippen LogP contribution < -0.4 is 0 Å². The average molecular weight is 177 g/mol. The fourth-order valence-corrected chi connectivity index (χ4v) is 0.436. The zero-order chi connectivity index (χ0) is 8.85. The summed E-state index contributed by atoms with van der Waals surface area (Å²) in [4.78, 5) is 21.0. The fourth-order valence-electron chi connectivity index (χ4n) is 0.392. The minimum atomic E-state index is -0.586. The van der Waals surface area contributed by atoms with Crippen LogP contribution in [-0.4, -0.2) is 11.8 Å². The van der Waals surface area contributed by atoms with E-state index in [-0.39, 0.29) is 12.2 Å². The molecule has 0 aliphatic heterocycles. The number of esters is 1. The van der Waals surface area contributed by atoms with Crippen LogP contribution >= 0.6 is 11.6 Å². The molecule has 0 saturated carbocycles. The molecule has 0 fully saturated rings. The van der Waals surface area contributed by atoms with E-state index in [1.165, 1.54) is 6.92 Å². The Hall–Kier alpha value is -0.830. The van der Waals surface area contributed by atoms with Crippen molar-refractivity contribution in [2.24, 2.45) is 0 Å². The number of rotatable bonds is 3. The van der Waals surface area contributed by atoms with Crippen molar-refractivity contribution in [1.82, 2.24) is 0 Å². The van der Waals surface area contributed by atoms with Crippen LogP contribution in [0.3, 0.4) is 0 Å². The van der Waals surface area contributed by atoms with Crippen molar-refractivity contribution in [3.05, 3.63) is 11.3 Å². The molecule has 0 spiro atoms. The molecule has 0 amide bonds. The molecule has 0 atom stereocenters. The number of carbonyl (C=O) groups is 2. The van der Waals surface area contributed by atoms with Gasteiger partial charge in [-0.15, -0.1) is 0 Å². The molecule has 0 aromatic carbocycles. The van der Waals surface area contributed by atoms with Crippen molar-refractivity contribution >= 4 is 23.4 Å². The summed E-state index contributed by atoms with van der Waals surface area (Å²) in [6.45, 7) is 2.89. The number of allylic oxidation sites excluding steroid dienone is 1. The number of hydrogen-bond donors (Lipinski definition) is 0. The summed E-state index contributed by atoms with van der Waals surface area (Å²) in [5.74, 6) is -0.812. The second kappa shape index (κ2) is 4.91. The first kappa shape index (κ1) is 10.2. The maximum absolute atomic E-state index is 10.6. The van der Waals surface area contributed by atoms with Gasteiger partial charge in [-0.05, 0) is 13.8 Å². The standard InChI is InChI=1S/C7H9ClO3/c1-5(8)4-11-7(10)3-6(2)9/h4H,3H2,1-2H3. The Morgan fingerprint density at radius 2 is 2.00 bits per heavy atom. The number of Topliss-reactive ketones (excluding diaryl/α,β-unsaturated/α-hetero) is 1. The number of ether oxygens (including phenoxy) is 1. The number of hydrogen-bond acceptors (Lipinski definition) is 3. The Bertz CT molecular complexity index is 192. The normalized spacial score (nSPS) is 11.0. The molecule has 11 heavy (non-hydrogen) atoms. The predicted octanol–water partition coefficient (Wildman–Crippen LogP) is 1.61. The maximum Gasteiger partial charge on any atom is 0.318 e. The van der Waals surface area contributed by atoms with Gasteiger partial charge in [0.25, 0.3) is 0 Å². The molecule has 0 N–H and O–H groups in total. The summed E-state index contributed by atoms with van der Waals surface area (Å²) in [6.07, 6.45) is 0.896. The molecule has 0 saturated heterocycles. The molecule has 0 aliphatic carbocycles. The Labute approximate surface area is 70.0 Å². The SMILES string of the molecule is CC(=O)CC(=O)OC=C(C)Cl. The van der Waals surface area contributed by atoms with Crippen molar-refractivity contribution in [1.29, 1.82) is 0 Å². The van der Waals surface area contributed by atoms with Gasteiger partial charge in [0.2, 0.25) is 0 Å². The van der Waals surface area contributed by atoms with Gasteiger partial charge in [0, 0.05) is 0 Å². The van der Waals surface area contributed by atoms with E-state index in [1.807, 2.05) is 0 Å². The third-order valence-corrected chi connectivity index (χ3v) is 0.835. The summed E-state index contributed by atoms with van der Waals surface area (Å²) < 4.78 is 4.46.